The van der Waals surface area contributed by atoms with Crippen LogP contribution in [0.15, 0.2) is 17.1 Å². The quantitative estimate of drug-likeness (QED) is 0.689. The van der Waals surface area contributed by atoms with Gasteiger partial charge in [0.1, 0.15) is 5.82 Å². The highest BCUT2D eigenvalue weighted by atomic mass is 16.1. The molecule has 84 valence electrons. The van der Waals surface area contributed by atoms with E-state index in [-0.39, 0.29) is 5.56 Å². The molecule has 15 heavy (non-hydrogen) atoms. The van der Waals surface area contributed by atoms with Gasteiger partial charge in [-0.25, -0.2) is 0 Å². The first-order valence-corrected chi connectivity index (χ1v) is 5.41. The second kappa shape index (κ2) is 6.35. The highest BCUT2D eigenvalue weighted by Gasteiger charge is 1.93. The van der Waals surface area contributed by atoms with Crippen LogP contribution in [0.25, 0.3) is 0 Å². The average Bonchev–Trinajstić information content (AvgIpc) is 2.27. The lowest BCUT2D eigenvalue weighted by atomic mass is 10.2. The van der Waals surface area contributed by atoms with Gasteiger partial charge in [0.05, 0.1) is 0 Å². The van der Waals surface area contributed by atoms with Crippen LogP contribution in [-0.4, -0.2) is 22.6 Å². The van der Waals surface area contributed by atoms with Crippen molar-refractivity contribution in [2.24, 2.45) is 7.05 Å². The molecular formula is C11H19N3O. The highest BCUT2D eigenvalue weighted by Crippen LogP contribution is 1.96. The number of aromatic nitrogens is 2. The Balaban J connectivity index is 0.000000162. The molecule has 1 aromatic heterocycles. The first-order valence-electron chi connectivity index (χ1n) is 5.41. The Morgan fingerprint density at radius 2 is 2.00 bits per heavy atom. The number of rotatable bonds is 0. The summed E-state index contributed by atoms with van der Waals surface area (Å²) in [6, 6.07) is 1.44. The second-order valence-electron chi connectivity index (χ2n) is 3.73. The summed E-state index contributed by atoms with van der Waals surface area (Å²) in [7, 11) is 1.85. The third-order valence-corrected chi connectivity index (χ3v) is 2.43. The molecule has 1 saturated heterocycles. The van der Waals surface area contributed by atoms with Crippen LogP contribution in [0.2, 0.25) is 0 Å². The molecule has 0 saturated carbocycles. The van der Waals surface area contributed by atoms with Crippen molar-refractivity contribution in [2.75, 3.05) is 13.1 Å². The van der Waals surface area contributed by atoms with E-state index in [1.54, 1.807) is 17.7 Å². The molecule has 0 aromatic carbocycles. The molecule has 1 aliphatic rings. The number of nitrogens with zero attached hydrogens (tertiary/aromatic N) is 2. The third-order valence-electron chi connectivity index (χ3n) is 2.43. The Kier molecular flexibility index (Phi) is 5.04. The van der Waals surface area contributed by atoms with Crippen LogP contribution >= 0.6 is 0 Å². The average molecular weight is 209 g/mol. The summed E-state index contributed by atoms with van der Waals surface area (Å²) < 4.78 is 1.79. The number of aryl methyl sites for hydroxylation is 2. The van der Waals surface area contributed by atoms with Gasteiger partial charge in [-0.2, -0.15) is 4.98 Å². The molecule has 4 heteroatoms. The number of hydrogen-bond donors (Lipinski definition) is 1. The molecule has 0 aliphatic carbocycles. The van der Waals surface area contributed by atoms with E-state index in [0.717, 1.165) is 5.82 Å². The maximum Gasteiger partial charge on any atom is 0.272 e. The molecule has 1 aliphatic heterocycles. The maximum atomic E-state index is 10.5. The Morgan fingerprint density at radius 3 is 2.33 bits per heavy atom. The fourth-order valence-electron chi connectivity index (χ4n) is 1.36. The van der Waals surface area contributed by atoms with Crippen molar-refractivity contribution >= 4 is 0 Å². The SMILES string of the molecule is C1CCNCC1.Cc1nc(=O)ccn1C. The van der Waals surface area contributed by atoms with Crippen molar-refractivity contribution in [1.29, 1.82) is 0 Å². The van der Waals surface area contributed by atoms with E-state index in [1.807, 2.05) is 7.05 Å². The fourth-order valence-corrected chi connectivity index (χ4v) is 1.36. The molecule has 2 rings (SSSR count). The first kappa shape index (κ1) is 11.9. The monoisotopic (exact) mass is 209 g/mol. The normalized spacial score (nSPS) is 15.3. The molecule has 0 bridgehead atoms. The largest absolute Gasteiger partial charge is 0.339 e. The lowest BCUT2D eigenvalue weighted by Crippen LogP contribution is -2.21. The van der Waals surface area contributed by atoms with Gasteiger partial charge in [0.2, 0.25) is 0 Å². The van der Waals surface area contributed by atoms with Crippen LogP contribution in [-0.2, 0) is 7.05 Å². The number of piperidine rings is 1. The van der Waals surface area contributed by atoms with Crippen LogP contribution in [0.5, 0.6) is 0 Å². The minimum absolute atomic E-state index is 0.175. The Morgan fingerprint density at radius 1 is 1.33 bits per heavy atom. The summed E-state index contributed by atoms with van der Waals surface area (Å²) in [4.78, 5) is 14.2. The van der Waals surface area contributed by atoms with Crippen molar-refractivity contribution in [1.82, 2.24) is 14.9 Å². The van der Waals surface area contributed by atoms with Crippen molar-refractivity contribution in [3.63, 3.8) is 0 Å². The molecule has 0 atom stereocenters. The smallest absolute Gasteiger partial charge is 0.272 e. The predicted octanol–water partition coefficient (Wildman–Crippen LogP) is 0.849. The van der Waals surface area contributed by atoms with Crippen LogP contribution in [0.1, 0.15) is 25.1 Å². The van der Waals surface area contributed by atoms with Crippen LogP contribution < -0.4 is 10.9 Å². The molecule has 0 radical (unpaired) electrons. The van der Waals surface area contributed by atoms with Crippen LogP contribution in [0.3, 0.4) is 0 Å². The van der Waals surface area contributed by atoms with Crippen LogP contribution in [0.4, 0.5) is 0 Å². The standard InChI is InChI=1S/C6H8N2O.C5H11N/c1-5-7-6(9)3-4-8(5)2;1-2-4-6-5-3-1/h3-4H,1-2H3;6H,1-5H2. The third kappa shape index (κ3) is 4.74. The zero-order chi connectivity index (χ0) is 11.1. The van der Waals surface area contributed by atoms with Gasteiger partial charge in [0.15, 0.2) is 0 Å². The van der Waals surface area contributed by atoms with Crippen LogP contribution in [0, 0.1) is 6.92 Å². The minimum atomic E-state index is -0.175. The van der Waals surface area contributed by atoms with E-state index >= 15 is 0 Å². The molecule has 1 aromatic rings. The summed E-state index contributed by atoms with van der Waals surface area (Å²) in [5.41, 5.74) is -0.175. The summed E-state index contributed by atoms with van der Waals surface area (Å²) in [6.45, 7) is 4.29. The second-order valence-corrected chi connectivity index (χ2v) is 3.73. The predicted molar refractivity (Wildman–Crippen MR) is 60.9 cm³/mol. The van der Waals surface area contributed by atoms with E-state index in [2.05, 4.69) is 10.3 Å². The Labute approximate surface area is 90.3 Å². The molecule has 1 N–H and O–H groups in total. The van der Waals surface area contributed by atoms with E-state index in [4.69, 9.17) is 0 Å². The Bertz CT molecular complexity index is 330. The van der Waals surface area contributed by atoms with E-state index in [1.165, 1.54) is 38.4 Å². The van der Waals surface area contributed by atoms with Gasteiger partial charge in [-0.05, 0) is 32.9 Å². The van der Waals surface area contributed by atoms with Gasteiger partial charge in [-0.1, -0.05) is 6.42 Å². The van der Waals surface area contributed by atoms with Crippen molar-refractivity contribution in [3.8, 4) is 0 Å². The molecule has 4 nitrogen and oxygen atoms in total. The summed E-state index contributed by atoms with van der Waals surface area (Å²) in [5, 5.41) is 3.28. The molecule has 0 amide bonds. The van der Waals surface area contributed by atoms with Crippen molar-refractivity contribution < 1.29 is 0 Å². The molecular weight excluding hydrogens is 190 g/mol. The minimum Gasteiger partial charge on any atom is -0.339 e. The molecule has 0 spiro atoms. The topological polar surface area (TPSA) is 46.9 Å². The van der Waals surface area contributed by atoms with Gasteiger partial charge in [0.25, 0.3) is 5.56 Å². The van der Waals surface area contributed by atoms with Crippen molar-refractivity contribution in [3.05, 3.63) is 28.4 Å². The molecule has 0 unspecified atom stereocenters. The summed E-state index contributed by atoms with van der Waals surface area (Å²) >= 11 is 0. The van der Waals surface area contributed by atoms with Gasteiger partial charge in [-0.3, -0.25) is 4.79 Å². The lowest BCUT2D eigenvalue weighted by Gasteiger charge is -2.08. The first-order chi connectivity index (χ1) is 7.20. The summed E-state index contributed by atoms with van der Waals surface area (Å²) in [6.07, 6.45) is 5.91. The van der Waals surface area contributed by atoms with Gasteiger partial charge < -0.3 is 9.88 Å². The summed E-state index contributed by atoms with van der Waals surface area (Å²) in [5.74, 6) is 0.738. The van der Waals surface area contributed by atoms with Gasteiger partial charge in [-0.15, -0.1) is 0 Å². The van der Waals surface area contributed by atoms with E-state index in [0.29, 0.717) is 0 Å². The van der Waals surface area contributed by atoms with Crippen molar-refractivity contribution in [2.45, 2.75) is 26.2 Å². The highest BCUT2D eigenvalue weighted by molar-refractivity contribution is 4.89. The van der Waals surface area contributed by atoms with Gasteiger partial charge in [0, 0.05) is 19.3 Å². The van der Waals surface area contributed by atoms with Gasteiger partial charge >= 0.3 is 0 Å². The van der Waals surface area contributed by atoms with E-state index < -0.39 is 0 Å². The molecule has 1 fully saturated rings. The number of hydrogen-bond acceptors (Lipinski definition) is 3. The Hall–Kier alpha value is -1.16. The van der Waals surface area contributed by atoms with E-state index in [9.17, 15) is 4.79 Å². The zero-order valence-corrected chi connectivity index (χ0v) is 9.49. The number of nitrogens with one attached hydrogen (secondary N) is 1. The lowest BCUT2D eigenvalue weighted by molar-refractivity contribution is 0.520. The zero-order valence-electron chi connectivity index (χ0n) is 9.49. The maximum absolute atomic E-state index is 10.5. The molecule has 2 heterocycles. The fraction of sp³-hybridized carbons (Fsp3) is 0.636.